The number of rotatable bonds is 35. The standard InChI is InChI=1S/C46H81NO8/c1-3-5-7-9-11-13-15-17-18-19-20-21-22-24-26-28-30-32-34-36-42(50)47-39(38-54-46-45(53)44(52)43(51)41(37-48)55-46)40(49)35-33-31-29-27-25-23-16-14-12-10-8-6-4-2/h5,7,11,13,17-18,20-21,33,35,39-41,43-46,48-49,51-53H,3-4,6,8-10,12,14-16,19,22-32,34,36-38H2,1-2H3,(H,47,50)/b7-5-,13-11-,18-17-,21-20-,35-33+. The van der Waals surface area contributed by atoms with Gasteiger partial charge in [-0.05, 0) is 57.8 Å². The molecule has 1 heterocycles. The Balaban J connectivity index is 2.39. The summed E-state index contributed by atoms with van der Waals surface area (Å²) in [7, 11) is 0. The molecule has 9 nitrogen and oxygen atoms in total. The van der Waals surface area contributed by atoms with E-state index >= 15 is 0 Å². The van der Waals surface area contributed by atoms with Crippen LogP contribution in [-0.2, 0) is 14.3 Å². The number of hydrogen-bond donors (Lipinski definition) is 6. The van der Waals surface area contributed by atoms with E-state index in [2.05, 4.69) is 67.8 Å². The highest BCUT2D eigenvalue weighted by Gasteiger charge is 2.44. The number of allylic oxidation sites excluding steroid dienone is 9. The van der Waals surface area contributed by atoms with Crippen molar-refractivity contribution in [2.24, 2.45) is 0 Å². The lowest BCUT2D eigenvalue weighted by atomic mass is 9.99. The molecule has 1 aliphatic rings. The molecule has 0 aliphatic carbocycles. The highest BCUT2D eigenvalue weighted by Crippen LogP contribution is 2.22. The third kappa shape index (κ3) is 27.2. The molecular weight excluding hydrogens is 695 g/mol. The molecule has 318 valence electrons. The molecule has 0 aromatic carbocycles. The normalized spacial score (nSPS) is 21.9. The molecule has 1 rings (SSSR count). The fourth-order valence-corrected chi connectivity index (χ4v) is 6.56. The van der Waals surface area contributed by atoms with Gasteiger partial charge in [-0.3, -0.25) is 4.79 Å². The van der Waals surface area contributed by atoms with Crippen LogP contribution < -0.4 is 5.32 Å². The minimum absolute atomic E-state index is 0.195. The fraction of sp³-hybridized carbons (Fsp3) is 0.761. The first kappa shape index (κ1) is 50.9. The van der Waals surface area contributed by atoms with Crippen LogP contribution in [0.1, 0.15) is 168 Å². The number of aliphatic hydroxyl groups is 5. The van der Waals surface area contributed by atoms with E-state index in [0.717, 1.165) is 83.5 Å². The zero-order chi connectivity index (χ0) is 40.2. The maximum Gasteiger partial charge on any atom is 0.220 e. The zero-order valence-electron chi connectivity index (χ0n) is 34.7. The van der Waals surface area contributed by atoms with E-state index in [9.17, 15) is 30.3 Å². The van der Waals surface area contributed by atoms with E-state index in [0.29, 0.717) is 6.42 Å². The van der Waals surface area contributed by atoms with E-state index in [1.807, 2.05) is 6.08 Å². The van der Waals surface area contributed by atoms with Crippen LogP contribution >= 0.6 is 0 Å². The summed E-state index contributed by atoms with van der Waals surface area (Å²) in [4.78, 5) is 12.9. The highest BCUT2D eigenvalue weighted by molar-refractivity contribution is 5.76. The molecule has 1 amide bonds. The molecule has 1 fully saturated rings. The fourth-order valence-electron chi connectivity index (χ4n) is 6.56. The highest BCUT2D eigenvalue weighted by atomic mass is 16.7. The second-order valence-electron chi connectivity index (χ2n) is 15.1. The monoisotopic (exact) mass is 776 g/mol. The molecule has 55 heavy (non-hydrogen) atoms. The van der Waals surface area contributed by atoms with Crippen molar-refractivity contribution in [1.29, 1.82) is 0 Å². The summed E-state index contributed by atoms with van der Waals surface area (Å²) in [6.07, 6.45) is 39.7. The zero-order valence-corrected chi connectivity index (χ0v) is 34.7. The van der Waals surface area contributed by atoms with Gasteiger partial charge in [0.15, 0.2) is 6.29 Å². The molecule has 7 unspecified atom stereocenters. The van der Waals surface area contributed by atoms with E-state index in [1.54, 1.807) is 6.08 Å². The van der Waals surface area contributed by atoms with Crippen molar-refractivity contribution in [1.82, 2.24) is 5.32 Å². The van der Waals surface area contributed by atoms with Gasteiger partial charge >= 0.3 is 0 Å². The molecule has 0 saturated carbocycles. The predicted octanol–water partition coefficient (Wildman–Crippen LogP) is 8.83. The van der Waals surface area contributed by atoms with Crippen LogP contribution in [0.15, 0.2) is 60.8 Å². The molecule has 0 spiro atoms. The Morgan fingerprint density at radius 1 is 0.636 bits per heavy atom. The third-order valence-corrected chi connectivity index (χ3v) is 10.1. The van der Waals surface area contributed by atoms with Crippen molar-refractivity contribution in [3.05, 3.63) is 60.8 Å². The number of carbonyl (C=O) groups is 1. The van der Waals surface area contributed by atoms with Crippen molar-refractivity contribution in [2.75, 3.05) is 13.2 Å². The lowest BCUT2D eigenvalue weighted by Gasteiger charge is -2.40. The molecule has 7 atom stereocenters. The Morgan fingerprint density at radius 3 is 1.67 bits per heavy atom. The molecule has 0 aromatic heterocycles. The van der Waals surface area contributed by atoms with Gasteiger partial charge in [-0.1, -0.05) is 164 Å². The summed E-state index contributed by atoms with van der Waals surface area (Å²) in [5.41, 5.74) is 0. The Labute approximate surface area is 335 Å². The molecule has 0 aromatic rings. The largest absolute Gasteiger partial charge is 0.394 e. The van der Waals surface area contributed by atoms with Crippen molar-refractivity contribution in [2.45, 2.75) is 211 Å². The third-order valence-electron chi connectivity index (χ3n) is 10.1. The van der Waals surface area contributed by atoms with Crippen LogP contribution in [0.25, 0.3) is 0 Å². The Kier molecular flexibility index (Phi) is 33.5. The average Bonchev–Trinajstić information content (AvgIpc) is 3.18. The van der Waals surface area contributed by atoms with E-state index in [4.69, 9.17) is 9.47 Å². The molecule has 0 radical (unpaired) electrons. The minimum atomic E-state index is -1.57. The van der Waals surface area contributed by atoms with Gasteiger partial charge in [0.2, 0.25) is 5.91 Å². The molecule has 9 heteroatoms. The smallest absolute Gasteiger partial charge is 0.220 e. The second-order valence-corrected chi connectivity index (χ2v) is 15.1. The van der Waals surface area contributed by atoms with Crippen molar-refractivity contribution in [3.8, 4) is 0 Å². The number of hydrogen-bond acceptors (Lipinski definition) is 8. The number of nitrogens with one attached hydrogen (secondary N) is 1. The number of amides is 1. The summed E-state index contributed by atoms with van der Waals surface area (Å²) < 4.78 is 11.2. The van der Waals surface area contributed by atoms with Crippen LogP contribution in [0.2, 0.25) is 0 Å². The van der Waals surface area contributed by atoms with Crippen LogP contribution in [0.4, 0.5) is 0 Å². The summed E-state index contributed by atoms with van der Waals surface area (Å²) >= 11 is 0. The van der Waals surface area contributed by atoms with Gasteiger partial charge in [-0.2, -0.15) is 0 Å². The van der Waals surface area contributed by atoms with Gasteiger partial charge in [0.25, 0.3) is 0 Å². The maximum absolute atomic E-state index is 12.9. The molecule has 6 N–H and O–H groups in total. The van der Waals surface area contributed by atoms with Gasteiger partial charge in [0.05, 0.1) is 25.4 Å². The van der Waals surface area contributed by atoms with Crippen LogP contribution in [-0.4, -0.2) is 87.5 Å². The Hall–Kier alpha value is -2.11. The minimum Gasteiger partial charge on any atom is -0.394 e. The first-order chi connectivity index (χ1) is 26.8. The topological polar surface area (TPSA) is 149 Å². The van der Waals surface area contributed by atoms with Crippen molar-refractivity contribution >= 4 is 5.91 Å². The first-order valence-electron chi connectivity index (χ1n) is 22.0. The summed E-state index contributed by atoms with van der Waals surface area (Å²) in [5.74, 6) is -0.195. The maximum atomic E-state index is 12.9. The van der Waals surface area contributed by atoms with Crippen LogP contribution in [0.3, 0.4) is 0 Å². The quantitative estimate of drug-likeness (QED) is 0.0277. The molecule has 1 saturated heterocycles. The van der Waals surface area contributed by atoms with E-state index < -0.39 is 49.5 Å². The van der Waals surface area contributed by atoms with Gasteiger partial charge in [0.1, 0.15) is 24.4 Å². The summed E-state index contributed by atoms with van der Waals surface area (Å²) in [5, 5.41) is 54.1. The van der Waals surface area contributed by atoms with Crippen molar-refractivity contribution in [3.63, 3.8) is 0 Å². The average molecular weight is 776 g/mol. The Bertz CT molecular complexity index is 1040. The van der Waals surface area contributed by atoms with E-state index in [1.165, 1.54) is 64.2 Å². The van der Waals surface area contributed by atoms with Gasteiger partial charge in [0, 0.05) is 6.42 Å². The van der Waals surface area contributed by atoms with Gasteiger partial charge < -0.3 is 40.3 Å². The predicted molar refractivity (Wildman–Crippen MR) is 226 cm³/mol. The molecule has 0 bridgehead atoms. The second kappa shape index (κ2) is 36.2. The van der Waals surface area contributed by atoms with Gasteiger partial charge in [-0.15, -0.1) is 0 Å². The molecular formula is C46H81NO8. The summed E-state index contributed by atoms with van der Waals surface area (Å²) in [6, 6.07) is -0.813. The number of ether oxygens (including phenoxy) is 2. The van der Waals surface area contributed by atoms with E-state index in [-0.39, 0.29) is 12.5 Å². The first-order valence-corrected chi connectivity index (χ1v) is 22.0. The molecule has 1 aliphatic heterocycles. The summed E-state index contributed by atoms with van der Waals surface area (Å²) in [6.45, 7) is 3.63. The number of unbranched alkanes of at least 4 members (excludes halogenated alkanes) is 17. The SMILES string of the molecule is CC/C=C\C/C=C\C/C=C\C/C=C\CCCCCCCCC(=O)NC(COC1OC(CO)C(O)C(O)C1O)C(O)/C=C/CCCCCCCCCCCCC. The lowest BCUT2D eigenvalue weighted by molar-refractivity contribution is -0.302. The van der Waals surface area contributed by atoms with Crippen LogP contribution in [0.5, 0.6) is 0 Å². The number of carbonyl (C=O) groups excluding carboxylic acids is 1. The van der Waals surface area contributed by atoms with Crippen LogP contribution in [0, 0.1) is 0 Å². The lowest BCUT2D eigenvalue weighted by Crippen LogP contribution is -2.60. The van der Waals surface area contributed by atoms with Gasteiger partial charge in [-0.25, -0.2) is 0 Å². The van der Waals surface area contributed by atoms with Crippen molar-refractivity contribution < 1.29 is 39.8 Å². The number of aliphatic hydroxyl groups excluding tert-OH is 5. The Morgan fingerprint density at radius 2 is 1.13 bits per heavy atom.